The van der Waals surface area contributed by atoms with Gasteiger partial charge in [0.25, 0.3) is 0 Å². The molecule has 0 N–H and O–H groups in total. The van der Waals surface area contributed by atoms with E-state index in [1.807, 2.05) is 13.8 Å². The van der Waals surface area contributed by atoms with E-state index in [4.69, 9.17) is 9.47 Å². The van der Waals surface area contributed by atoms with E-state index >= 15 is 0 Å². The summed E-state index contributed by atoms with van der Waals surface area (Å²) >= 11 is 0. The van der Waals surface area contributed by atoms with E-state index in [9.17, 15) is 12.9 Å². The number of halogens is 3. The molecule has 7 heteroatoms. The van der Waals surface area contributed by atoms with Crippen LogP contribution >= 0.6 is 0 Å². The Morgan fingerprint density at radius 1 is 1.16 bits per heavy atom. The molecule has 0 bridgehead atoms. The van der Waals surface area contributed by atoms with Crippen molar-refractivity contribution in [2.75, 3.05) is 7.11 Å². The first-order valence-electron chi connectivity index (χ1n) is 5.96. The Bertz CT molecular complexity index is 395. The molecule has 0 radical (unpaired) electrons. The number of hydrogen-bond donors (Lipinski definition) is 0. The molecule has 19 heavy (non-hydrogen) atoms. The normalized spacial score (nSPS) is 11.1. The maximum Gasteiger partial charge on any atom is 1.00 e. The van der Waals surface area contributed by atoms with Gasteiger partial charge in [0, 0.05) is 0 Å². The van der Waals surface area contributed by atoms with Gasteiger partial charge in [0.2, 0.25) is 0 Å². The van der Waals surface area contributed by atoms with E-state index < -0.39 is 12.4 Å². The van der Waals surface area contributed by atoms with Gasteiger partial charge in [-0.25, -0.2) is 0 Å². The zero-order valence-electron chi connectivity index (χ0n) is 11.8. The van der Waals surface area contributed by atoms with E-state index in [-0.39, 0.29) is 69.0 Å². The van der Waals surface area contributed by atoms with Crippen LogP contribution in [-0.4, -0.2) is 20.2 Å². The van der Waals surface area contributed by atoms with Gasteiger partial charge in [-0.3, -0.25) is 0 Å². The van der Waals surface area contributed by atoms with E-state index in [1.54, 1.807) is 0 Å². The van der Waals surface area contributed by atoms with Crippen LogP contribution in [0.1, 0.15) is 26.7 Å². The summed E-state index contributed by atoms with van der Waals surface area (Å²) in [6, 6.07) is 3.78. The molecule has 102 valence electrons. The SMILES string of the molecule is CCC(CC)Oc1ccc(OC)cc1[B-](F)(F)F.[K+]. The zero-order valence-corrected chi connectivity index (χ0v) is 14.9. The molecule has 0 saturated carbocycles. The van der Waals surface area contributed by atoms with Gasteiger partial charge >= 0.3 is 58.4 Å². The van der Waals surface area contributed by atoms with E-state index in [0.717, 1.165) is 6.07 Å². The molecule has 1 aromatic rings. The van der Waals surface area contributed by atoms with Crippen molar-refractivity contribution in [3.63, 3.8) is 0 Å². The van der Waals surface area contributed by atoms with Crippen molar-refractivity contribution >= 4 is 12.4 Å². The van der Waals surface area contributed by atoms with Crippen LogP contribution in [0, 0.1) is 0 Å². The van der Waals surface area contributed by atoms with Crippen molar-refractivity contribution in [2.24, 2.45) is 0 Å². The van der Waals surface area contributed by atoms with E-state index in [1.165, 1.54) is 19.2 Å². The first-order valence-corrected chi connectivity index (χ1v) is 5.96. The minimum absolute atomic E-state index is 0. The summed E-state index contributed by atoms with van der Waals surface area (Å²) in [5.74, 6) is 0.0677. The number of rotatable bonds is 6. The summed E-state index contributed by atoms with van der Waals surface area (Å²) in [4.78, 5) is 0. The predicted molar refractivity (Wildman–Crippen MR) is 66.7 cm³/mol. The molecule has 0 amide bonds. The Morgan fingerprint density at radius 2 is 1.74 bits per heavy atom. The van der Waals surface area contributed by atoms with Gasteiger partial charge in [-0.15, -0.1) is 0 Å². The van der Waals surface area contributed by atoms with Crippen LogP contribution in [0.25, 0.3) is 0 Å². The molecule has 0 unspecified atom stereocenters. The van der Waals surface area contributed by atoms with Crippen LogP contribution in [0.4, 0.5) is 12.9 Å². The Labute approximate surface area is 154 Å². The first kappa shape index (κ1) is 19.3. The summed E-state index contributed by atoms with van der Waals surface area (Å²) in [5, 5.41) is 0. The van der Waals surface area contributed by atoms with Crippen molar-refractivity contribution in [1.82, 2.24) is 0 Å². The second-order valence-corrected chi connectivity index (χ2v) is 4.03. The minimum atomic E-state index is -5.11. The van der Waals surface area contributed by atoms with E-state index in [2.05, 4.69) is 0 Å². The maximum absolute atomic E-state index is 12.9. The fourth-order valence-corrected chi connectivity index (χ4v) is 1.65. The van der Waals surface area contributed by atoms with Crippen LogP contribution < -0.4 is 66.3 Å². The summed E-state index contributed by atoms with van der Waals surface area (Å²) in [6.07, 6.45) is 1.15. The Hall–Kier alpha value is 0.311. The second-order valence-electron chi connectivity index (χ2n) is 4.03. The van der Waals surface area contributed by atoms with Crippen LogP contribution in [0.15, 0.2) is 18.2 Å². The molecule has 0 spiro atoms. The Kier molecular flexibility index (Phi) is 8.71. The summed E-state index contributed by atoms with van der Waals surface area (Å²) in [6.45, 7) is -1.34. The number of methoxy groups -OCH3 is 1. The number of ether oxygens (including phenoxy) is 2. The molecule has 1 rings (SSSR count). The first-order chi connectivity index (χ1) is 8.42. The third-order valence-corrected chi connectivity index (χ3v) is 2.77. The fraction of sp³-hybridized carbons (Fsp3) is 0.500. The third kappa shape index (κ3) is 5.67. The van der Waals surface area contributed by atoms with Crippen molar-refractivity contribution < 1.29 is 73.8 Å². The van der Waals surface area contributed by atoms with Gasteiger partial charge in [0.15, 0.2) is 0 Å². The largest absolute Gasteiger partial charge is 1.00 e. The molecule has 0 aliphatic carbocycles. The molecule has 0 heterocycles. The standard InChI is InChI=1S/C12H17BF3O2.K/c1-4-9(5-2)18-12-7-6-10(17-3)8-11(12)13(14,15)16;/h6-9H,4-5H2,1-3H3;/q-1;+1. The smallest absolute Gasteiger partial charge is 0.497 e. The van der Waals surface area contributed by atoms with Crippen LogP contribution in [-0.2, 0) is 0 Å². The molecule has 0 aliphatic heterocycles. The van der Waals surface area contributed by atoms with E-state index in [0.29, 0.717) is 12.8 Å². The summed E-state index contributed by atoms with van der Waals surface area (Å²) < 4.78 is 49.1. The molecule has 0 atom stereocenters. The molecule has 0 aromatic heterocycles. The molecule has 1 aromatic carbocycles. The average molecular weight is 300 g/mol. The fourth-order valence-electron chi connectivity index (χ4n) is 1.65. The van der Waals surface area contributed by atoms with Crippen molar-refractivity contribution in [3.05, 3.63) is 18.2 Å². The molecule has 0 saturated heterocycles. The summed E-state index contributed by atoms with van der Waals surface area (Å²) in [5.41, 5.74) is -0.735. The monoisotopic (exact) mass is 300 g/mol. The Balaban J connectivity index is 0.00000324. The topological polar surface area (TPSA) is 18.5 Å². The number of hydrogen-bond acceptors (Lipinski definition) is 2. The van der Waals surface area contributed by atoms with Crippen molar-refractivity contribution in [3.8, 4) is 11.5 Å². The predicted octanol–water partition coefficient (Wildman–Crippen LogP) is 0.321. The van der Waals surface area contributed by atoms with Crippen molar-refractivity contribution in [2.45, 2.75) is 32.8 Å². The zero-order chi connectivity index (χ0) is 13.8. The van der Waals surface area contributed by atoms with Gasteiger partial charge in [0.1, 0.15) is 5.75 Å². The van der Waals surface area contributed by atoms with Crippen molar-refractivity contribution in [1.29, 1.82) is 0 Å². The van der Waals surface area contributed by atoms with Gasteiger partial charge in [-0.05, 0) is 31.0 Å². The minimum Gasteiger partial charge on any atom is -0.497 e. The maximum atomic E-state index is 12.9. The van der Waals surface area contributed by atoms with Gasteiger partial charge in [-0.1, -0.05) is 19.3 Å². The summed E-state index contributed by atoms with van der Waals surface area (Å²) in [7, 11) is 1.34. The van der Waals surface area contributed by atoms with Crippen LogP contribution in [0.5, 0.6) is 11.5 Å². The third-order valence-electron chi connectivity index (χ3n) is 2.77. The number of benzene rings is 1. The quantitative estimate of drug-likeness (QED) is 0.705. The van der Waals surface area contributed by atoms with Gasteiger partial charge in [-0.2, -0.15) is 0 Å². The molecular formula is C12H17BF3KO2. The molecule has 2 nitrogen and oxygen atoms in total. The second kappa shape index (κ2) is 8.57. The molecule has 0 aliphatic rings. The van der Waals surface area contributed by atoms with Gasteiger partial charge in [0.05, 0.1) is 19.0 Å². The average Bonchev–Trinajstić information content (AvgIpc) is 2.34. The molecular weight excluding hydrogens is 283 g/mol. The van der Waals surface area contributed by atoms with Crippen LogP contribution in [0.3, 0.4) is 0 Å². The van der Waals surface area contributed by atoms with Gasteiger partial charge < -0.3 is 22.4 Å². The van der Waals surface area contributed by atoms with Crippen LogP contribution in [0.2, 0.25) is 0 Å². The Morgan fingerprint density at radius 3 is 2.16 bits per heavy atom. The molecule has 0 fully saturated rings.